The number of aliphatic hydroxyl groups is 1. The van der Waals surface area contributed by atoms with Crippen LogP contribution in [0.5, 0.6) is 0 Å². The Balaban J connectivity index is 1.82. The first kappa shape index (κ1) is 14.0. The van der Waals surface area contributed by atoms with Crippen molar-refractivity contribution < 1.29 is 13.5 Å². The fraction of sp³-hybridized carbons (Fsp3) is 0.571. The van der Waals surface area contributed by atoms with Gasteiger partial charge in [-0.1, -0.05) is 6.07 Å². The number of fused-ring (bicyclic) bond motifs is 1. The van der Waals surface area contributed by atoms with Gasteiger partial charge >= 0.3 is 0 Å². The molecule has 1 fully saturated rings. The zero-order valence-electron chi connectivity index (χ0n) is 11.4. The monoisotopic (exact) mass is 296 g/mol. The number of nitrogens with one attached hydrogen (secondary N) is 1. The summed E-state index contributed by atoms with van der Waals surface area (Å²) in [5.74, 6) is 0.241. The summed E-state index contributed by atoms with van der Waals surface area (Å²) in [6.45, 7) is 2.72. The van der Waals surface area contributed by atoms with Gasteiger partial charge in [0.25, 0.3) is 0 Å². The van der Waals surface area contributed by atoms with Gasteiger partial charge < -0.3 is 10.4 Å². The maximum atomic E-state index is 12.6. The molecule has 0 saturated carbocycles. The van der Waals surface area contributed by atoms with E-state index in [0.29, 0.717) is 18.0 Å². The van der Waals surface area contributed by atoms with E-state index in [9.17, 15) is 8.42 Å². The van der Waals surface area contributed by atoms with Crippen LogP contribution in [-0.4, -0.2) is 37.5 Å². The molecule has 0 spiro atoms. The van der Waals surface area contributed by atoms with Gasteiger partial charge in [-0.25, -0.2) is 8.42 Å². The smallest absolute Gasteiger partial charge is 0.243 e. The van der Waals surface area contributed by atoms with Crippen molar-refractivity contribution in [3.05, 3.63) is 29.3 Å². The zero-order valence-corrected chi connectivity index (χ0v) is 12.2. The van der Waals surface area contributed by atoms with Crippen molar-refractivity contribution in [2.75, 3.05) is 19.7 Å². The maximum absolute atomic E-state index is 12.6. The predicted octanol–water partition coefficient (Wildman–Crippen LogP) is 0.683. The van der Waals surface area contributed by atoms with Crippen molar-refractivity contribution in [3.8, 4) is 0 Å². The Kier molecular flexibility index (Phi) is 3.81. The molecular weight excluding hydrogens is 276 g/mol. The third-order valence-electron chi connectivity index (χ3n) is 4.28. The molecule has 3 rings (SSSR count). The lowest BCUT2D eigenvalue weighted by Crippen LogP contribution is -2.39. The fourth-order valence-corrected chi connectivity index (χ4v) is 4.43. The summed E-state index contributed by atoms with van der Waals surface area (Å²) in [5.41, 5.74) is 2.26. The zero-order chi connectivity index (χ0) is 14.2. The highest BCUT2D eigenvalue weighted by molar-refractivity contribution is 7.89. The summed E-state index contributed by atoms with van der Waals surface area (Å²) in [6, 6.07) is 5.41. The van der Waals surface area contributed by atoms with Crippen LogP contribution in [0.1, 0.15) is 24.0 Å². The van der Waals surface area contributed by atoms with Gasteiger partial charge in [-0.15, -0.1) is 0 Å². The average Bonchev–Trinajstić information content (AvgIpc) is 2.94. The lowest BCUT2D eigenvalue weighted by atomic mass is 10.00. The predicted molar refractivity (Wildman–Crippen MR) is 75.6 cm³/mol. The first-order valence-corrected chi connectivity index (χ1v) is 8.49. The topological polar surface area (TPSA) is 69.6 Å². The Morgan fingerprint density at radius 3 is 2.60 bits per heavy atom. The minimum atomic E-state index is -3.39. The molecule has 1 aromatic rings. The summed E-state index contributed by atoms with van der Waals surface area (Å²) in [6.07, 6.45) is 1.48. The molecule has 0 radical (unpaired) electrons. The van der Waals surface area contributed by atoms with Gasteiger partial charge in [0.05, 0.1) is 4.90 Å². The molecule has 2 aliphatic rings. The minimum Gasteiger partial charge on any atom is -0.396 e. The molecule has 2 aliphatic heterocycles. The molecule has 0 bridgehead atoms. The Morgan fingerprint density at radius 2 is 1.90 bits per heavy atom. The van der Waals surface area contributed by atoms with Crippen LogP contribution in [-0.2, 0) is 23.1 Å². The second kappa shape index (κ2) is 5.44. The quantitative estimate of drug-likeness (QED) is 0.861. The number of piperidine rings is 1. The van der Waals surface area contributed by atoms with Crippen molar-refractivity contribution >= 4 is 10.0 Å². The second-order valence-corrected chi connectivity index (χ2v) is 7.50. The lowest BCUT2D eigenvalue weighted by Gasteiger charge is -2.30. The van der Waals surface area contributed by atoms with Gasteiger partial charge in [-0.3, -0.25) is 0 Å². The number of nitrogens with zero attached hydrogens (tertiary/aromatic N) is 1. The van der Waals surface area contributed by atoms with Crippen LogP contribution in [0.2, 0.25) is 0 Å². The number of rotatable bonds is 3. The second-order valence-electron chi connectivity index (χ2n) is 5.56. The Morgan fingerprint density at radius 1 is 1.20 bits per heavy atom. The van der Waals surface area contributed by atoms with E-state index in [1.54, 1.807) is 16.4 Å². The largest absolute Gasteiger partial charge is 0.396 e. The van der Waals surface area contributed by atoms with Gasteiger partial charge in [0.15, 0.2) is 0 Å². The molecule has 2 heterocycles. The van der Waals surface area contributed by atoms with Crippen LogP contribution in [0.4, 0.5) is 0 Å². The van der Waals surface area contributed by atoms with Gasteiger partial charge in [-0.05, 0) is 42.0 Å². The summed E-state index contributed by atoms with van der Waals surface area (Å²) in [5, 5.41) is 12.4. The standard InChI is InChI=1S/C14H20N2O3S/c17-10-11-3-5-16(6-4-11)20(18,19)14-2-1-12-8-15-9-13(12)7-14/h1-2,7,11,15,17H,3-6,8-10H2. The van der Waals surface area contributed by atoms with Crippen molar-refractivity contribution in [2.45, 2.75) is 30.8 Å². The average molecular weight is 296 g/mol. The number of hydrogen-bond acceptors (Lipinski definition) is 4. The molecule has 1 aromatic carbocycles. The number of sulfonamides is 1. The summed E-state index contributed by atoms with van der Waals surface area (Å²) >= 11 is 0. The van der Waals surface area contributed by atoms with Crippen molar-refractivity contribution in [1.82, 2.24) is 9.62 Å². The van der Waals surface area contributed by atoms with Crippen LogP contribution in [0.3, 0.4) is 0 Å². The third kappa shape index (κ3) is 2.48. The highest BCUT2D eigenvalue weighted by Crippen LogP contribution is 2.26. The molecule has 2 N–H and O–H groups in total. The normalized spacial score (nSPS) is 21.1. The molecule has 6 heteroatoms. The van der Waals surface area contributed by atoms with E-state index in [-0.39, 0.29) is 12.5 Å². The first-order valence-electron chi connectivity index (χ1n) is 7.05. The van der Waals surface area contributed by atoms with Crippen LogP contribution in [0, 0.1) is 5.92 Å². The van der Waals surface area contributed by atoms with E-state index in [0.717, 1.165) is 31.5 Å². The van der Waals surface area contributed by atoms with E-state index in [2.05, 4.69) is 5.32 Å². The molecule has 0 amide bonds. The van der Waals surface area contributed by atoms with E-state index in [4.69, 9.17) is 5.11 Å². The fourth-order valence-electron chi connectivity index (χ4n) is 2.91. The molecule has 20 heavy (non-hydrogen) atoms. The Labute approximate surface area is 119 Å². The molecular formula is C14H20N2O3S. The van der Waals surface area contributed by atoms with Crippen molar-refractivity contribution in [3.63, 3.8) is 0 Å². The number of benzene rings is 1. The summed E-state index contributed by atoms with van der Waals surface area (Å²) in [4.78, 5) is 0.391. The van der Waals surface area contributed by atoms with E-state index in [1.807, 2.05) is 6.07 Å². The third-order valence-corrected chi connectivity index (χ3v) is 6.17. The van der Waals surface area contributed by atoms with Crippen LogP contribution in [0.25, 0.3) is 0 Å². The van der Waals surface area contributed by atoms with Gasteiger partial charge in [-0.2, -0.15) is 4.31 Å². The van der Waals surface area contributed by atoms with Gasteiger partial charge in [0.1, 0.15) is 0 Å². The summed E-state index contributed by atoms with van der Waals surface area (Å²) < 4.78 is 26.8. The van der Waals surface area contributed by atoms with Gasteiger partial charge in [0.2, 0.25) is 10.0 Å². The van der Waals surface area contributed by atoms with E-state index < -0.39 is 10.0 Å². The molecule has 1 saturated heterocycles. The highest BCUT2D eigenvalue weighted by atomic mass is 32.2. The molecule has 0 unspecified atom stereocenters. The highest BCUT2D eigenvalue weighted by Gasteiger charge is 2.29. The molecule has 0 atom stereocenters. The first-order chi connectivity index (χ1) is 9.61. The summed E-state index contributed by atoms with van der Waals surface area (Å²) in [7, 11) is -3.39. The number of hydrogen-bond donors (Lipinski definition) is 2. The SMILES string of the molecule is O=S(=O)(c1ccc2c(c1)CNC2)N1CCC(CO)CC1. The minimum absolute atomic E-state index is 0.151. The van der Waals surface area contributed by atoms with Crippen LogP contribution < -0.4 is 5.32 Å². The van der Waals surface area contributed by atoms with E-state index >= 15 is 0 Å². The Hall–Kier alpha value is -0.950. The lowest BCUT2D eigenvalue weighted by molar-refractivity contribution is 0.170. The van der Waals surface area contributed by atoms with Crippen molar-refractivity contribution in [2.24, 2.45) is 5.92 Å². The molecule has 110 valence electrons. The maximum Gasteiger partial charge on any atom is 0.243 e. The van der Waals surface area contributed by atoms with Crippen molar-refractivity contribution in [1.29, 1.82) is 0 Å². The molecule has 0 aromatic heterocycles. The van der Waals surface area contributed by atoms with Gasteiger partial charge in [0, 0.05) is 32.8 Å². The van der Waals surface area contributed by atoms with Crippen LogP contribution >= 0.6 is 0 Å². The van der Waals surface area contributed by atoms with Crippen LogP contribution in [0.15, 0.2) is 23.1 Å². The van der Waals surface area contributed by atoms with E-state index in [1.165, 1.54) is 5.56 Å². The number of aliphatic hydroxyl groups excluding tert-OH is 1. The molecule has 5 nitrogen and oxygen atoms in total. The Bertz CT molecular complexity index is 592. The molecule has 0 aliphatic carbocycles.